The number of anilines is 1. The minimum atomic E-state index is -3.27. The van der Waals surface area contributed by atoms with Gasteiger partial charge in [0.25, 0.3) is 0 Å². The summed E-state index contributed by atoms with van der Waals surface area (Å²) < 4.78 is 26.6. The standard InChI is InChI=1S/C14H23N3O2S/c1-11-8-17(9-12(2)16(11)3)20(18,19)10-13-4-6-14(15)7-5-13/h4-7,11-12H,8-10,15H2,1-3H3. The average molecular weight is 297 g/mol. The van der Waals surface area contributed by atoms with Gasteiger partial charge in [0.05, 0.1) is 5.75 Å². The van der Waals surface area contributed by atoms with Crippen molar-refractivity contribution in [2.24, 2.45) is 0 Å². The minimum absolute atomic E-state index is 0.0381. The molecule has 1 aliphatic rings. The number of hydrogen-bond acceptors (Lipinski definition) is 4. The molecule has 20 heavy (non-hydrogen) atoms. The summed E-state index contributed by atoms with van der Waals surface area (Å²) in [4.78, 5) is 2.22. The fourth-order valence-corrected chi connectivity index (χ4v) is 4.18. The Kier molecular flexibility index (Phi) is 4.36. The van der Waals surface area contributed by atoms with Crippen molar-refractivity contribution in [1.29, 1.82) is 0 Å². The molecule has 0 amide bonds. The van der Waals surface area contributed by atoms with Crippen LogP contribution in [0.3, 0.4) is 0 Å². The van der Waals surface area contributed by atoms with Crippen LogP contribution in [0.1, 0.15) is 19.4 Å². The molecule has 2 unspecified atom stereocenters. The van der Waals surface area contributed by atoms with Crippen LogP contribution in [0.4, 0.5) is 5.69 Å². The second-order valence-corrected chi connectivity index (χ2v) is 7.65. The first-order valence-electron chi connectivity index (χ1n) is 6.84. The Labute approximate surface area is 121 Å². The molecule has 1 aliphatic heterocycles. The van der Waals surface area contributed by atoms with Crippen LogP contribution in [-0.2, 0) is 15.8 Å². The molecular formula is C14H23N3O2S. The van der Waals surface area contributed by atoms with Crippen LogP contribution in [-0.4, -0.2) is 49.8 Å². The molecule has 2 N–H and O–H groups in total. The van der Waals surface area contributed by atoms with Crippen molar-refractivity contribution >= 4 is 15.7 Å². The Morgan fingerprint density at radius 3 is 2.15 bits per heavy atom. The number of rotatable bonds is 3. The summed E-state index contributed by atoms with van der Waals surface area (Å²) in [5.41, 5.74) is 7.04. The van der Waals surface area contributed by atoms with Crippen molar-refractivity contribution in [3.8, 4) is 0 Å². The van der Waals surface area contributed by atoms with E-state index >= 15 is 0 Å². The number of nitrogens with zero attached hydrogens (tertiary/aromatic N) is 2. The van der Waals surface area contributed by atoms with E-state index in [1.165, 1.54) is 0 Å². The molecule has 5 nitrogen and oxygen atoms in total. The van der Waals surface area contributed by atoms with Crippen LogP contribution in [0.15, 0.2) is 24.3 Å². The summed E-state index contributed by atoms with van der Waals surface area (Å²) in [5, 5.41) is 0. The van der Waals surface area contributed by atoms with Crippen molar-refractivity contribution in [2.45, 2.75) is 31.7 Å². The van der Waals surface area contributed by atoms with E-state index in [-0.39, 0.29) is 17.8 Å². The molecule has 6 heteroatoms. The van der Waals surface area contributed by atoms with Gasteiger partial charge in [0, 0.05) is 30.9 Å². The first kappa shape index (κ1) is 15.3. The van der Waals surface area contributed by atoms with Gasteiger partial charge in [-0.05, 0) is 38.6 Å². The number of benzene rings is 1. The van der Waals surface area contributed by atoms with Crippen LogP contribution < -0.4 is 5.73 Å². The van der Waals surface area contributed by atoms with E-state index in [0.29, 0.717) is 18.8 Å². The molecule has 0 spiro atoms. The van der Waals surface area contributed by atoms with Crippen LogP contribution >= 0.6 is 0 Å². The zero-order valence-electron chi connectivity index (χ0n) is 12.3. The lowest BCUT2D eigenvalue weighted by Gasteiger charge is -2.41. The Hall–Kier alpha value is -1.11. The van der Waals surface area contributed by atoms with E-state index in [1.54, 1.807) is 28.6 Å². The molecule has 2 rings (SSSR count). The Morgan fingerprint density at radius 2 is 1.65 bits per heavy atom. The van der Waals surface area contributed by atoms with E-state index in [4.69, 9.17) is 5.73 Å². The molecule has 1 fully saturated rings. The number of sulfonamides is 1. The van der Waals surface area contributed by atoms with Crippen molar-refractivity contribution in [3.63, 3.8) is 0 Å². The summed E-state index contributed by atoms with van der Waals surface area (Å²) in [6.45, 7) is 5.22. The molecule has 1 saturated heterocycles. The SMILES string of the molecule is CC1CN(S(=O)(=O)Cc2ccc(N)cc2)CC(C)N1C. The highest BCUT2D eigenvalue weighted by molar-refractivity contribution is 7.88. The third-order valence-electron chi connectivity index (χ3n) is 4.05. The summed E-state index contributed by atoms with van der Waals surface area (Å²) in [5.74, 6) is 0.0381. The maximum Gasteiger partial charge on any atom is 0.218 e. The van der Waals surface area contributed by atoms with Gasteiger partial charge in [-0.25, -0.2) is 8.42 Å². The largest absolute Gasteiger partial charge is 0.399 e. The summed E-state index contributed by atoms with van der Waals surface area (Å²) in [7, 11) is -1.23. The van der Waals surface area contributed by atoms with Crippen LogP contribution in [0.25, 0.3) is 0 Å². The molecule has 1 heterocycles. The number of piperazine rings is 1. The van der Waals surface area contributed by atoms with Gasteiger partial charge in [-0.1, -0.05) is 12.1 Å². The lowest BCUT2D eigenvalue weighted by Crippen LogP contribution is -2.56. The molecule has 0 aliphatic carbocycles. The molecule has 1 aromatic rings. The van der Waals surface area contributed by atoms with Crippen LogP contribution in [0.5, 0.6) is 0 Å². The van der Waals surface area contributed by atoms with E-state index < -0.39 is 10.0 Å². The van der Waals surface area contributed by atoms with Gasteiger partial charge < -0.3 is 5.73 Å². The summed E-state index contributed by atoms with van der Waals surface area (Å²) >= 11 is 0. The number of hydrogen-bond donors (Lipinski definition) is 1. The second kappa shape index (κ2) is 5.71. The molecule has 112 valence electrons. The second-order valence-electron chi connectivity index (χ2n) is 5.68. The fraction of sp³-hybridized carbons (Fsp3) is 0.571. The molecule has 0 radical (unpaired) electrons. The van der Waals surface area contributed by atoms with Gasteiger partial charge in [-0.3, -0.25) is 4.90 Å². The van der Waals surface area contributed by atoms with Crippen molar-refractivity contribution < 1.29 is 8.42 Å². The normalized spacial score (nSPS) is 25.8. The molecule has 0 bridgehead atoms. The Balaban J connectivity index is 2.12. The number of nitrogen functional groups attached to an aromatic ring is 1. The van der Waals surface area contributed by atoms with Crippen LogP contribution in [0.2, 0.25) is 0 Å². The predicted molar refractivity (Wildman–Crippen MR) is 81.7 cm³/mol. The van der Waals surface area contributed by atoms with Crippen molar-refractivity contribution in [3.05, 3.63) is 29.8 Å². The summed E-state index contributed by atoms with van der Waals surface area (Å²) in [6, 6.07) is 7.49. The molecule has 0 aromatic heterocycles. The molecule has 0 saturated carbocycles. The number of likely N-dealkylation sites (N-methyl/N-ethyl adjacent to an activating group) is 1. The zero-order chi connectivity index (χ0) is 14.9. The van der Waals surface area contributed by atoms with Crippen molar-refractivity contribution in [1.82, 2.24) is 9.21 Å². The fourth-order valence-electron chi connectivity index (χ4n) is 2.50. The monoisotopic (exact) mass is 297 g/mol. The van der Waals surface area contributed by atoms with Gasteiger partial charge in [0.2, 0.25) is 10.0 Å². The van der Waals surface area contributed by atoms with Gasteiger partial charge in [0.15, 0.2) is 0 Å². The maximum atomic E-state index is 12.5. The quantitative estimate of drug-likeness (QED) is 0.849. The average Bonchev–Trinajstić information content (AvgIpc) is 2.38. The van der Waals surface area contributed by atoms with Crippen LogP contribution in [0, 0.1) is 0 Å². The topological polar surface area (TPSA) is 66.6 Å². The first-order valence-corrected chi connectivity index (χ1v) is 8.44. The highest BCUT2D eigenvalue weighted by Gasteiger charge is 2.33. The lowest BCUT2D eigenvalue weighted by molar-refractivity contribution is 0.105. The molecule has 1 aromatic carbocycles. The van der Waals surface area contributed by atoms with Gasteiger partial charge in [-0.2, -0.15) is 4.31 Å². The van der Waals surface area contributed by atoms with Crippen molar-refractivity contribution in [2.75, 3.05) is 25.9 Å². The Morgan fingerprint density at radius 1 is 1.15 bits per heavy atom. The van der Waals surface area contributed by atoms with E-state index in [9.17, 15) is 8.42 Å². The zero-order valence-corrected chi connectivity index (χ0v) is 13.1. The lowest BCUT2D eigenvalue weighted by atomic mass is 10.1. The van der Waals surface area contributed by atoms with Gasteiger partial charge in [0.1, 0.15) is 0 Å². The maximum absolute atomic E-state index is 12.5. The highest BCUT2D eigenvalue weighted by atomic mass is 32.2. The van der Waals surface area contributed by atoms with E-state index in [1.807, 2.05) is 7.05 Å². The molecular weight excluding hydrogens is 274 g/mol. The van der Waals surface area contributed by atoms with E-state index in [0.717, 1.165) is 5.56 Å². The Bertz CT molecular complexity index is 544. The van der Waals surface area contributed by atoms with Gasteiger partial charge in [-0.15, -0.1) is 0 Å². The molecule has 2 atom stereocenters. The number of nitrogens with two attached hydrogens (primary N) is 1. The predicted octanol–water partition coefficient (Wildman–Crippen LogP) is 1.12. The highest BCUT2D eigenvalue weighted by Crippen LogP contribution is 2.19. The van der Waals surface area contributed by atoms with Gasteiger partial charge >= 0.3 is 0 Å². The first-order chi connectivity index (χ1) is 9.29. The third-order valence-corrected chi connectivity index (χ3v) is 5.83. The minimum Gasteiger partial charge on any atom is -0.399 e. The third kappa shape index (κ3) is 3.31. The van der Waals surface area contributed by atoms with E-state index in [2.05, 4.69) is 18.7 Å². The summed E-state index contributed by atoms with van der Waals surface area (Å²) in [6.07, 6.45) is 0. The smallest absolute Gasteiger partial charge is 0.218 e.